The van der Waals surface area contributed by atoms with E-state index in [1.165, 1.54) is 0 Å². The molecule has 1 aromatic carbocycles. The molecule has 1 saturated heterocycles. The van der Waals surface area contributed by atoms with Gasteiger partial charge in [-0.25, -0.2) is 8.78 Å². The van der Waals surface area contributed by atoms with Gasteiger partial charge in [-0.05, 0) is 30.9 Å². The highest BCUT2D eigenvalue weighted by atomic mass is 19.3. The van der Waals surface area contributed by atoms with E-state index in [1.54, 1.807) is 12.1 Å². The quantitative estimate of drug-likeness (QED) is 0.858. The van der Waals surface area contributed by atoms with Gasteiger partial charge in [0.2, 0.25) is 0 Å². The molecule has 1 heterocycles. The van der Waals surface area contributed by atoms with E-state index in [-0.39, 0.29) is 5.56 Å². The molecular weight excluding hydrogens is 232 g/mol. The molecule has 1 N–H and O–H groups in total. The number of hydrogen-bond donors (Lipinski definition) is 1. The van der Waals surface area contributed by atoms with Gasteiger partial charge >= 0.3 is 0 Å². The fourth-order valence-electron chi connectivity index (χ4n) is 2.47. The molecule has 0 aromatic heterocycles. The van der Waals surface area contributed by atoms with Crippen molar-refractivity contribution in [2.45, 2.75) is 38.5 Å². The minimum atomic E-state index is -2.71. The van der Waals surface area contributed by atoms with Crippen molar-refractivity contribution in [3.05, 3.63) is 35.4 Å². The molecule has 1 nitrogen and oxygen atoms in total. The summed E-state index contributed by atoms with van der Waals surface area (Å²) in [7, 11) is 0. The number of alkyl halides is 2. The van der Waals surface area contributed by atoms with Crippen molar-refractivity contribution in [1.82, 2.24) is 5.32 Å². The predicted octanol–water partition coefficient (Wildman–Crippen LogP) is 3.90. The summed E-state index contributed by atoms with van der Waals surface area (Å²) in [6.07, 6.45) is 1.59. The van der Waals surface area contributed by atoms with Crippen LogP contribution in [0.2, 0.25) is 0 Å². The Labute approximate surface area is 108 Å². The highest BCUT2D eigenvalue weighted by molar-refractivity contribution is 5.28. The molecule has 0 radical (unpaired) electrons. The van der Waals surface area contributed by atoms with E-state index in [1.807, 2.05) is 12.1 Å². The number of nitrogens with one attached hydrogen (secondary N) is 1. The number of benzene rings is 1. The van der Waals surface area contributed by atoms with Crippen LogP contribution in [-0.4, -0.2) is 13.1 Å². The lowest BCUT2D eigenvalue weighted by molar-refractivity contribution is -0.0575. The molecule has 18 heavy (non-hydrogen) atoms. The van der Waals surface area contributed by atoms with Gasteiger partial charge in [-0.15, -0.1) is 0 Å². The van der Waals surface area contributed by atoms with E-state index in [9.17, 15) is 8.78 Å². The molecule has 0 bridgehead atoms. The fourth-order valence-corrected chi connectivity index (χ4v) is 2.47. The molecule has 2 rings (SSSR count). The molecule has 100 valence electrons. The summed E-state index contributed by atoms with van der Waals surface area (Å²) >= 11 is 0. The minimum absolute atomic E-state index is 0.156. The zero-order valence-electron chi connectivity index (χ0n) is 11.0. The van der Waals surface area contributed by atoms with Crippen molar-refractivity contribution in [1.29, 1.82) is 0 Å². The summed E-state index contributed by atoms with van der Waals surface area (Å²) in [5.41, 5.74) is 1.30. The van der Waals surface area contributed by atoms with Crippen LogP contribution in [0.15, 0.2) is 24.3 Å². The molecule has 0 spiro atoms. The third kappa shape index (κ3) is 2.56. The Kier molecular flexibility index (Phi) is 4.00. The van der Waals surface area contributed by atoms with Crippen LogP contribution in [0.4, 0.5) is 8.78 Å². The second-order valence-corrected chi connectivity index (χ2v) is 5.24. The van der Waals surface area contributed by atoms with E-state index in [4.69, 9.17) is 0 Å². The Morgan fingerprint density at radius 3 is 2.50 bits per heavy atom. The zero-order chi connectivity index (χ0) is 13.2. The van der Waals surface area contributed by atoms with Crippen LogP contribution in [-0.2, 0) is 5.92 Å². The maximum atomic E-state index is 14.2. The van der Waals surface area contributed by atoms with Gasteiger partial charge in [0.25, 0.3) is 5.92 Å². The Morgan fingerprint density at radius 1 is 1.33 bits per heavy atom. The number of hydrogen-bond acceptors (Lipinski definition) is 1. The monoisotopic (exact) mass is 253 g/mol. The standard InChI is InChI=1S/C15H21F2N/c1-3-11(2)12-4-6-13(7-5-12)15(16,17)14-8-9-18-10-14/h4-7,11,14,18H,3,8-10H2,1-2H3. The maximum absolute atomic E-state index is 14.2. The Bertz CT molecular complexity index is 380. The number of halogens is 2. The van der Waals surface area contributed by atoms with Gasteiger partial charge in [0.15, 0.2) is 0 Å². The molecule has 0 saturated carbocycles. The normalized spacial score (nSPS) is 22.1. The van der Waals surface area contributed by atoms with Gasteiger partial charge in [-0.3, -0.25) is 0 Å². The van der Waals surface area contributed by atoms with Crippen molar-refractivity contribution >= 4 is 0 Å². The average molecular weight is 253 g/mol. The highest BCUT2D eigenvalue weighted by Crippen LogP contribution is 2.39. The predicted molar refractivity (Wildman–Crippen MR) is 70.0 cm³/mol. The van der Waals surface area contributed by atoms with Gasteiger partial charge in [-0.1, -0.05) is 38.1 Å². The lowest BCUT2D eigenvalue weighted by Gasteiger charge is -2.23. The molecule has 0 amide bonds. The van der Waals surface area contributed by atoms with Crippen molar-refractivity contribution in [3.8, 4) is 0 Å². The molecular formula is C15H21F2N. The summed E-state index contributed by atoms with van der Waals surface area (Å²) in [6, 6.07) is 6.89. The SMILES string of the molecule is CCC(C)c1ccc(C(F)(F)C2CCNC2)cc1. The van der Waals surface area contributed by atoms with E-state index in [0.29, 0.717) is 25.4 Å². The van der Waals surface area contributed by atoms with Crippen molar-refractivity contribution < 1.29 is 8.78 Å². The largest absolute Gasteiger partial charge is 0.316 e. The first kappa shape index (κ1) is 13.5. The first-order chi connectivity index (χ1) is 8.55. The molecule has 1 aliphatic heterocycles. The lowest BCUT2D eigenvalue weighted by Crippen LogP contribution is -2.27. The van der Waals surface area contributed by atoms with Crippen molar-refractivity contribution in [3.63, 3.8) is 0 Å². The summed E-state index contributed by atoms with van der Waals surface area (Å²) in [4.78, 5) is 0. The zero-order valence-corrected chi connectivity index (χ0v) is 11.0. The van der Waals surface area contributed by atoms with Crippen LogP contribution in [0.25, 0.3) is 0 Å². The van der Waals surface area contributed by atoms with Crippen LogP contribution in [0.5, 0.6) is 0 Å². The third-order valence-electron chi connectivity index (χ3n) is 4.05. The van der Waals surface area contributed by atoms with Crippen LogP contribution in [0.3, 0.4) is 0 Å². The summed E-state index contributed by atoms with van der Waals surface area (Å²) in [6.45, 7) is 5.34. The minimum Gasteiger partial charge on any atom is -0.316 e. The van der Waals surface area contributed by atoms with Crippen LogP contribution in [0, 0.1) is 5.92 Å². The van der Waals surface area contributed by atoms with Crippen molar-refractivity contribution in [2.75, 3.05) is 13.1 Å². The fraction of sp³-hybridized carbons (Fsp3) is 0.600. The van der Waals surface area contributed by atoms with Gasteiger partial charge in [0.05, 0.1) is 0 Å². The molecule has 3 heteroatoms. The van der Waals surface area contributed by atoms with E-state index in [0.717, 1.165) is 12.0 Å². The van der Waals surface area contributed by atoms with E-state index >= 15 is 0 Å². The average Bonchev–Trinajstić information content (AvgIpc) is 2.92. The Morgan fingerprint density at radius 2 is 2.00 bits per heavy atom. The summed E-state index contributed by atoms with van der Waals surface area (Å²) in [5.74, 6) is -2.84. The van der Waals surface area contributed by atoms with Crippen LogP contribution < -0.4 is 5.32 Å². The topological polar surface area (TPSA) is 12.0 Å². The van der Waals surface area contributed by atoms with E-state index < -0.39 is 11.8 Å². The van der Waals surface area contributed by atoms with Gasteiger partial charge in [0.1, 0.15) is 0 Å². The molecule has 1 fully saturated rings. The maximum Gasteiger partial charge on any atom is 0.277 e. The van der Waals surface area contributed by atoms with Gasteiger partial charge in [0, 0.05) is 18.0 Å². The molecule has 0 aliphatic carbocycles. The molecule has 1 aliphatic rings. The van der Waals surface area contributed by atoms with Gasteiger partial charge < -0.3 is 5.32 Å². The van der Waals surface area contributed by atoms with Crippen LogP contribution in [0.1, 0.15) is 43.7 Å². The highest BCUT2D eigenvalue weighted by Gasteiger charge is 2.42. The Hall–Kier alpha value is -0.960. The van der Waals surface area contributed by atoms with Crippen LogP contribution >= 0.6 is 0 Å². The third-order valence-corrected chi connectivity index (χ3v) is 4.05. The summed E-state index contributed by atoms with van der Waals surface area (Å²) < 4.78 is 28.5. The first-order valence-electron chi connectivity index (χ1n) is 6.74. The van der Waals surface area contributed by atoms with Gasteiger partial charge in [-0.2, -0.15) is 0 Å². The second kappa shape index (κ2) is 5.35. The van der Waals surface area contributed by atoms with Crippen molar-refractivity contribution in [2.24, 2.45) is 5.92 Å². The number of rotatable bonds is 4. The first-order valence-corrected chi connectivity index (χ1v) is 6.74. The summed E-state index contributed by atoms with van der Waals surface area (Å²) in [5, 5.41) is 3.01. The second-order valence-electron chi connectivity index (χ2n) is 5.24. The smallest absolute Gasteiger partial charge is 0.277 e. The molecule has 2 unspecified atom stereocenters. The Balaban J connectivity index is 2.17. The molecule has 2 atom stereocenters. The lowest BCUT2D eigenvalue weighted by atomic mass is 9.91. The molecule has 1 aromatic rings. The van der Waals surface area contributed by atoms with E-state index in [2.05, 4.69) is 19.2 Å².